The summed E-state index contributed by atoms with van der Waals surface area (Å²) in [5, 5.41) is 10.1. The molecule has 43 heavy (non-hydrogen) atoms. The molecule has 1 amide bonds. The predicted molar refractivity (Wildman–Crippen MR) is 160 cm³/mol. The molecular formula is C32H35F2N3O5S. The Morgan fingerprint density at radius 1 is 1.12 bits per heavy atom. The van der Waals surface area contributed by atoms with Gasteiger partial charge in [0.15, 0.2) is 18.2 Å². The van der Waals surface area contributed by atoms with Crippen LogP contribution in [0, 0.1) is 11.7 Å². The van der Waals surface area contributed by atoms with Crippen LogP contribution in [0.4, 0.5) is 13.1 Å². The van der Waals surface area contributed by atoms with Crippen molar-refractivity contribution in [1.82, 2.24) is 13.9 Å². The summed E-state index contributed by atoms with van der Waals surface area (Å²) in [5.41, 5.74) is 3.11. The van der Waals surface area contributed by atoms with Gasteiger partial charge in [-0.2, -0.15) is 0 Å². The fourth-order valence-corrected chi connectivity index (χ4v) is 7.50. The highest BCUT2D eigenvalue weighted by molar-refractivity contribution is 7.93. The Balaban J connectivity index is 1.11. The average molecular weight is 612 g/mol. The second-order valence-electron chi connectivity index (χ2n) is 13.0. The minimum absolute atomic E-state index is 0.000891. The zero-order chi connectivity index (χ0) is 30.0. The molecule has 6 atom stereocenters. The molecule has 7 rings (SSSR count). The number of hydrogen-bond donors (Lipinski definition) is 1. The third-order valence-corrected chi connectivity index (χ3v) is 9.57. The summed E-state index contributed by atoms with van der Waals surface area (Å²) < 4.78 is 48.2. The van der Waals surface area contributed by atoms with Crippen LogP contribution in [-0.2, 0) is 9.47 Å². The minimum atomic E-state index is -0.564. The number of amides is 1. The highest BCUT2D eigenvalue weighted by Gasteiger charge is 2.47. The molecule has 1 saturated carbocycles. The van der Waals surface area contributed by atoms with Gasteiger partial charge in [0.1, 0.15) is 17.4 Å². The molecule has 1 aliphatic carbocycles. The summed E-state index contributed by atoms with van der Waals surface area (Å²) in [7, 11) is 0. The van der Waals surface area contributed by atoms with E-state index in [0.29, 0.717) is 17.5 Å². The van der Waals surface area contributed by atoms with Gasteiger partial charge in [0, 0.05) is 29.7 Å². The summed E-state index contributed by atoms with van der Waals surface area (Å²) in [5.74, 6) is -0.322. The number of rotatable bonds is 5. The summed E-state index contributed by atoms with van der Waals surface area (Å²) in [4.78, 5) is 19.2. The molecular weight excluding hydrogens is 576 g/mol. The molecule has 3 aromatic rings. The minimum Gasteiger partial charge on any atom is -0.472 e. The number of fused-ring (bicyclic) bond motifs is 4. The third-order valence-electron chi connectivity index (χ3n) is 9.06. The van der Waals surface area contributed by atoms with Gasteiger partial charge in [0.05, 0.1) is 35.9 Å². The van der Waals surface area contributed by atoms with Gasteiger partial charge in [-0.25, -0.2) is 18.1 Å². The number of carbonyl (C=O) groups is 1. The smallest absolute Gasteiger partial charge is 0.411 e. The first-order valence-corrected chi connectivity index (χ1v) is 15.6. The molecule has 0 radical (unpaired) electrons. The third kappa shape index (κ3) is 5.19. The fourth-order valence-electron chi connectivity index (χ4n) is 7.12. The van der Waals surface area contributed by atoms with Crippen molar-refractivity contribution in [3.63, 3.8) is 0 Å². The van der Waals surface area contributed by atoms with E-state index >= 15 is 4.39 Å². The topological polar surface area (TPSA) is 86.1 Å². The van der Waals surface area contributed by atoms with Gasteiger partial charge in [-0.05, 0) is 64.0 Å². The lowest BCUT2D eigenvalue weighted by Gasteiger charge is -2.35. The maximum absolute atomic E-state index is 15.4. The summed E-state index contributed by atoms with van der Waals surface area (Å²) >= 11 is -0.0652. The molecule has 1 N–H and O–H groups in total. The SMILES string of the molecule is CC(C)(C)OC(=O)N1C2C=C(c3ccc(-c4nc5cc(O[C@@H]6CCC7[C@H](O)CO[C@@H]76)n(SF)c5cc4F)cc3)CC1CC2. The molecule has 1 aromatic carbocycles. The number of benzene rings is 1. The maximum Gasteiger partial charge on any atom is 0.411 e. The van der Waals surface area contributed by atoms with Crippen LogP contribution >= 0.6 is 12.3 Å². The van der Waals surface area contributed by atoms with E-state index in [1.165, 1.54) is 10.0 Å². The van der Waals surface area contributed by atoms with E-state index in [0.717, 1.165) is 36.8 Å². The van der Waals surface area contributed by atoms with Crippen molar-refractivity contribution in [2.45, 2.75) is 88.9 Å². The van der Waals surface area contributed by atoms with Crippen LogP contribution in [0.2, 0.25) is 0 Å². The zero-order valence-electron chi connectivity index (χ0n) is 24.3. The Kier molecular flexibility index (Phi) is 7.17. The van der Waals surface area contributed by atoms with Gasteiger partial charge in [-0.3, -0.25) is 4.90 Å². The molecule has 5 heterocycles. The lowest BCUT2D eigenvalue weighted by molar-refractivity contribution is 0.0150. The Hall–Kier alpha value is -3.15. The number of carbonyl (C=O) groups excluding carboxylic acids is 1. The number of hydrogen-bond acceptors (Lipinski definition) is 7. The van der Waals surface area contributed by atoms with Crippen LogP contribution < -0.4 is 4.74 Å². The molecule has 2 bridgehead atoms. The molecule has 2 saturated heterocycles. The quantitative estimate of drug-likeness (QED) is 0.344. The van der Waals surface area contributed by atoms with E-state index in [-0.39, 0.29) is 72.3 Å². The highest BCUT2D eigenvalue weighted by Crippen LogP contribution is 2.42. The van der Waals surface area contributed by atoms with Gasteiger partial charge in [0.2, 0.25) is 5.88 Å². The number of aromatic nitrogens is 2. The van der Waals surface area contributed by atoms with E-state index < -0.39 is 17.5 Å². The average Bonchev–Trinajstić information content (AvgIpc) is 3.70. The van der Waals surface area contributed by atoms with Crippen LogP contribution in [0.25, 0.3) is 27.9 Å². The number of aliphatic hydroxyl groups excluding tert-OH is 1. The number of pyridine rings is 1. The van der Waals surface area contributed by atoms with Crippen LogP contribution in [0.15, 0.2) is 42.5 Å². The number of nitrogens with zero attached hydrogens (tertiary/aromatic N) is 3. The predicted octanol–water partition coefficient (Wildman–Crippen LogP) is 6.70. The monoisotopic (exact) mass is 611 g/mol. The highest BCUT2D eigenvalue weighted by atomic mass is 32.2. The van der Waals surface area contributed by atoms with Crippen molar-refractivity contribution in [3.8, 4) is 17.1 Å². The lowest BCUT2D eigenvalue weighted by atomic mass is 9.94. The first-order valence-electron chi connectivity index (χ1n) is 14.9. The van der Waals surface area contributed by atoms with Crippen LogP contribution in [0.3, 0.4) is 0 Å². The van der Waals surface area contributed by atoms with E-state index in [1.54, 1.807) is 6.07 Å². The standard InChI is InChI=1S/C32H35F2N3O5S/c1-32(2,3)42-31(39)36-20-8-9-21(36)13-19(12-20)17-4-6-18(7-5-17)29-23(33)14-25-24(35-29)15-28(37(25)43-34)41-27-11-10-22-26(38)16-40-30(22)27/h4-7,12,14-15,20-22,26-27,30,38H,8-11,13,16H2,1-3H3/t20?,21?,22?,26-,27-,30+/m1/s1. The van der Waals surface area contributed by atoms with Crippen LogP contribution in [0.5, 0.6) is 5.88 Å². The second kappa shape index (κ2) is 10.8. The van der Waals surface area contributed by atoms with Gasteiger partial charge in [-0.15, -0.1) is 3.89 Å². The Morgan fingerprint density at radius 2 is 1.88 bits per heavy atom. The normalized spacial score (nSPS) is 28.3. The van der Waals surface area contributed by atoms with Crippen molar-refractivity contribution in [1.29, 1.82) is 0 Å². The Bertz CT molecular complexity index is 1590. The zero-order valence-corrected chi connectivity index (χ0v) is 25.2. The maximum atomic E-state index is 15.4. The van der Waals surface area contributed by atoms with E-state index in [9.17, 15) is 13.8 Å². The summed E-state index contributed by atoms with van der Waals surface area (Å²) in [6.45, 7) is 5.90. The molecule has 11 heteroatoms. The van der Waals surface area contributed by atoms with Crippen LogP contribution in [-0.4, -0.2) is 67.7 Å². The number of halogens is 2. The fraction of sp³-hybridized carbons (Fsp3) is 0.500. The van der Waals surface area contributed by atoms with E-state index in [1.807, 2.05) is 49.9 Å². The van der Waals surface area contributed by atoms with Crippen LogP contribution in [0.1, 0.15) is 58.4 Å². The Labute approximate surface area is 253 Å². The molecule has 2 aromatic heterocycles. The molecule has 8 nitrogen and oxygen atoms in total. The van der Waals surface area contributed by atoms with Gasteiger partial charge in [-0.1, -0.05) is 30.3 Å². The first kappa shape index (κ1) is 28.6. The molecule has 228 valence electrons. The first-order chi connectivity index (χ1) is 20.6. The molecule has 3 fully saturated rings. The largest absolute Gasteiger partial charge is 0.472 e. The van der Waals surface area contributed by atoms with Crippen molar-refractivity contribution in [2.75, 3.05) is 6.61 Å². The Morgan fingerprint density at radius 3 is 2.60 bits per heavy atom. The van der Waals surface area contributed by atoms with Gasteiger partial charge in [0.25, 0.3) is 0 Å². The van der Waals surface area contributed by atoms with E-state index in [2.05, 4.69) is 11.1 Å². The second-order valence-corrected chi connectivity index (χ2v) is 13.5. The molecule has 4 aliphatic rings. The number of ether oxygens (including phenoxy) is 3. The van der Waals surface area contributed by atoms with Gasteiger partial charge >= 0.3 is 6.09 Å². The summed E-state index contributed by atoms with van der Waals surface area (Å²) in [6, 6.07) is 10.6. The summed E-state index contributed by atoms with van der Waals surface area (Å²) in [6.07, 6.45) is 4.81. The molecule has 0 spiro atoms. The van der Waals surface area contributed by atoms with Crippen molar-refractivity contribution in [2.24, 2.45) is 5.92 Å². The van der Waals surface area contributed by atoms with Crippen molar-refractivity contribution < 1.29 is 32.4 Å². The van der Waals surface area contributed by atoms with Crippen molar-refractivity contribution in [3.05, 3.63) is 53.9 Å². The van der Waals surface area contributed by atoms with Gasteiger partial charge < -0.3 is 19.3 Å². The molecule has 3 aliphatic heterocycles. The lowest BCUT2D eigenvalue weighted by Crippen LogP contribution is -2.45. The van der Waals surface area contributed by atoms with E-state index in [4.69, 9.17) is 14.2 Å². The molecule has 3 unspecified atom stereocenters. The number of aliphatic hydroxyl groups is 1. The van der Waals surface area contributed by atoms with Crippen molar-refractivity contribution >= 4 is 35.0 Å².